The summed E-state index contributed by atoms with van der Waals surface area (Å²) in [6, 6.07) is 10.1. The first-order valence-electron chi connectivity index (χ1n) is 7.74. The minimum Gasteiger partial charge on any atom is -0.378 e. The minimum atomic E-state index is -4.24. The Balaban J connectivity index is 2.57. The monoisotopic (exact) mass is 441 g/mol. The molecule has 0 bridgehead atoms. The Hall–Kier alpha value is -3.25. The summed E-state index contributed by atoms with van der Waals surface area (Å²) in [5, 5.41) is 11.4. The highest BCUT2D eigenvalue weighted by molar-refractivity contribution is 7.86. The number of nitro groups is 1. The number of ketones is 1. The van der Waals surface area contributed by atoms with Gasteiger partial charge in [0.05, 0.1) is 17.4 Å². The molecular weight excluding hydrogens is 426 g/mol. The van der Waals surface area contributed by atoms with Crippen LogP contribution in [0.5, 0.6) is 11.5 Å². The zero-order valence-electron chi connectivity index (χ0n) is 15.1. The van der Waals surface area contributed by atoms with Gasteiger partial charge < -0.3 is 8.37 Å². The van der Waals surface area contributed by atoms with Crippen molar-refractivity contribution < 1.29 is 34.9 Å². The van der Waals surface area contributed by atoms with Crippen LogP contribution in [0.25, 0.3) is 6.08 Å². The van der Waals surface area contributed by atoms with Gasteiger partial charge in [0.25, 0.3) is 5.75 Å². The lowest BCUT2D eigenvalue weighted by Crippen LogP contribution is -2.12. The fraction of sp³-hybridized carbons (Fsp3) is 0.118. The molecule has 0 fully saturated rings. The quantitative estimate of drug-likeness (QED) is 0.198. The summed E-state index contributed by atoms with van der Waals surface area (Å²) >= 11 is 0. The number of hydrogen-bond donors (Lipinski definition) is 0. The summed E-state index contributed by atoms with van der Waals surface area (Å²) in [5.41, 5.74) is -0.480. The third-order valence-corrected chi connectivity index (χ3v) is 4.17. The van der Waals surface area contributed by atoms with E-state index in [4.69, 9.17) is 0 Å². The fourth-order valence-electron chi connectivity index (χ4n) is 2.17. The molecule has 154 valence electrons. The van der Waals surface area contributed by atoms with E-state index in [0.717, 1.165) is 18.2 Å². The van der Waals surface area contributed by atoms with Crippen LogP contribution in [0.2, 0.25) is 0 Å². The lowest BCUT2D eigenvalue weighted by atomic mass is 10.1. The molecular formula is C17H15NO9S2. The van der Waals surface area contributed by atoms with E-state index in [1.807, 2.05) is 0 Å². The van der Waals surface area contributed by atoms with E-state index in [-0.39, 0.29) is 5.56 Å². The second-order valence-electron chi connectivity index (χ2n) is 5.76. The summed E-state index contributed by atoms with van der Waals surface area (Å²) in [5.74, 6) is -2.01. The first-order chi connectivity index (χ1) is 13.4. The predicted octanol–water partition coefficient (Wildman–Crippen LogP) is 2.17. The lowest BCUT2D eigenvalue weighted by molar-refractivity contribution is -0.385. The second kappa shape index (κ2) is 8.41. The number of benzene rings is 2. The van der Waals surface area contributed by atoms with Crippen LogP contribution in [0.4, 0.5) is 5.69 Å². The second-order valence-corrected chi connectivity index (χ2v) is 8.91. The van der Waals surface area contributed by atoms with Gasteiger partial charge in [-0.25, -0.2) is 0 Å². The zero-order chi connectivity index (χ0) is 21.8. The highest BCUT2D eigenvalue weighted by atomic mass is 32.2. The van der Waals surface area contributed by atoms with Crippen LogP contribution in [0.15, 0.2) is 48.5 Å². The normalized spacial score (nSPS) is 11.9. The topological polar surface area (TPSA) is 147 Å². The van der Waals surface area contributed by atoms with E-state index < -0.39 is 48.1 Å². The number of carbonyl (C=O) groups is 1. The van der Waals surface area contributed by atoms with Crippen molar-refractivity contribution in [3.63, 3.8) is 0 Å². The molecule has 0 heterocycles. The lowest BCUT2D eigenvalue weighted by Gasteiger charge is -2.11. The van der Waals surface area contributed by atoms with E-state index in [1.165, 1.54) is 6.08 Å². The van der Waals surface area contributed by atoms with Crippen LogP contribution >= 0.6 is 0 Å². The molecule has 0 N–H and O–H groups in total. The Morgan fingerprint density at radius 3 is 2.10 bits per heavy atom. The third-order valence-electron chi connectivity index (χ3n) is 3.22. The zero-order valence-corrected chi connectivity index (χ0v) is 16.8. The molecule has 0 amide bonds. The molecule has 10 nitrogen and oxygen atoms in total. The van der Waals surface area contributed by atoms with Crippen molar-refractivity contribution in [2.45, 2.75) is 0 Å². The third kappa shape index (κ3) is 6.69. The average molecular weight is 441 g/mol. The Labute approximate surface area is 166 Å². The average Bonchev–Trinajstić information content (AvgIpc) is 2.59. The maximum atomic E-state index is 12.2. The number of rotatable bonds is 8. The van der Waals surface area contributed by atoms with Crippen LogP contribution in [-0.2, 0) is 20.2 Å². The van der Waals surface area contributed by atoms with Crippen molar-refractivity contribution >= 4 is 37.8 Å². The summed E-state index contributed by atoms with van der Waals surface area (Å²) in [6.07, 6.45) is 3.62. The summed E-state index contributed by atoms with van der Waals surface area (Å²) < 4.78 is 55.1. The molecule has 2 rings (SSSR count). The highest BCUT2D eigenvalue weighted by Crippen LogP contribution is 2.40. The van der Waals surface area contributed by atoms with E-state index >= 15 is 0 Å². The van der Waals surface area contributed by atoms with Gasteiger partial charge in [0.1, 0.15) is 0 Å². The number of allylic oxidation sites excluding steroid dienone is 1. The molecule has 0 radical (unpaired) electrons. The molecule has 0 saturated carbocycles. The molecule has 12 heteroatoms. The Bertz CT molecular complexity index is 1180. The fourth-order valence-corrected chi connectivity index (χ4v) is 3.09. The Kier molecular flexibility index (Phi) is 6.39. The van der Waals surface area contributed by atoms with Gasteiger partial charge in [-0.05, 0) is 17.7 Å². The molecule has 0 atom stereocenters. The molecule has 2 aromatic rings. The van der Waals surface area contributed by atoms with Crippen LogP contribution in [0.3, 0.4) is 0 Å². The van der Waals surface area contributed by atoms with Crippen LogP contribution in [0.1, 0.15) is 15.9 Å². The van der Waals surface area contributed by atoms with Gasteiger partial charge in [0, 0.05) is 11.6 Å². The van der Waals surface area contributed by atoms with E-state index in [9.17, 15) is 31.7 Å². The number of nitrogens with zero attached hydrogens (tertiary/aromatic N) is 1. The van der Waals surface area contributed by atoms with Crippen LogP contribution in [0, 0.1) is 10.1 Å². The summed E-state index contributed by atoms with van der Waals surface area (Å²) in [7, 11) is -8.41. The Morgan fingerprint density at radius 2 is 1.59 bits per heavy atom. The molecule has 0 unspecified atom stereocenters. The van der Waals surface area contributed by atoms with Gasteiger partial charge >= 0.3 is 25.9 Å². The van der Waals surface area contributed by atoms with E-state index in [2.05, 4.69) is 8.37 Å². The van der Waals surface area contributed by atoms with Crippen molar-refractivity contribution in [2.24, 2.45) is 0 Å². The van der Waals surface area contributed by atoms with Gasteiger partial charge in [-0.2, -0.15) is 16.8 Å². The van der Waals surface area contributed by atoms with Crippen molar-refractivity contribution in [3.05, 3.63) is 69.8 Å². The predicted molar refractivity (Wildman–Crippen MR) is 104 cm³/mol. The SMILES string of the molecule is CS(=O)(=O)Oc1cc(C=CC(=O)c2ccccc2)cc([N+](=O)[O-])c1OS(C)(=O)=O. The maximum absolute atomic E-state index is 12.2. The summed E-state index contributed by atoms with van der Waals surface area (Å²) in [6.45, 7) is 0. The van der Waals surface area contributed by atoms with Gasteiger partial charge in [0.2, 0.25) is 0 Å². The van der Waals surface area contributed by atoms with Gasteiger partial charge in [-0.3, -0.25) is 14.9 Å². The minimum absolute atomic E-state index is 0.0143. The maximum Gasteiger partial charge on any atom is 0.317 e. The van der Waals surface area contributed by atoms with Crippen molar-refractivity contribution in [2.75, 3.05) is 12.5 Å². The van der Waals surface area contributed by atoms with E-state index in [1.54, 1.807) is 30.3 Å². The first kappa shape index (κ1) is 22.0. The van der Waals surface area contributed by atoms with Gasteiger partial charge in [-0.15, -0.1) is 0 Å². The van der Waals surface area contributed by atoms with Crippen molar-refractivity contribution in [3.8, 4) is 11.5 Å². The molecule has 2 aromatic carbocycles. The standard InChI is InChI=1S/C17H15NO9S2/c1-28(22,23)26-16-11-12(8-9-15(19)13-6-4-3-5-7-13)10-14(18(20)21)17(16)27-29(2,24)25/h3-11H,1-2H3. The number of hydrogen-bond acceptors (Lipinski definition) is 9. The van der Waals surface area contributed by atoms with Crippen molar-refractivity contribution in [1.82, 2.24) is 0 Å². The van der Waals surface area contributed by atoms with Gasteiger partial charge in [-0.1, -0.05) is 36.4 Å². The van der Waals surface area contributed by atoms with E-state index in [0.29, 0.717) is 18.1 Å². The molecule has 0 spiro atoms. The van der Waals surface area contributed by atoms with Crippen molar-refractivity contribution in [1.29, 1.82) is 0 Å². The molecule has 0 aliphatic carbocycles. The highest BCUT2D eigenvalue weighted by Gasteiger charge is 2.27. The molecule has 0 aliphatic heterocycles. The largest absolute Gasteiger partial charge is 0.378 e. The number of nitro benzene ring substituents is 1. The molecule has 0 aromatic heterocycles. The summed E-state index contributed by atoms with van der Waals surface area (Å²) in [4.78, 5) is 22.6. The van der Waals surface area contributed by atoms with Crippen LogP contribution < -0.4 is 8.37 Å². The Morgan fingerprint density at radius 1 is 1.00 bits per heavy atom. The molecule has 0 saturated heterocycles. The number of carbonyl (C=O) groups excluding carboxylic acids is 1. The van der Waals surface area contributed by atoms with Crippen LogP contribution in [-0.4, -0.2) is 40.1 Å². The molecule has 29 heavy (non-hydrogen) atoms. The van der Waals surface area contributed by atoms with Gasteiger partial charge in [0.15, 0.2) is 11.5 Å². The first-order valence-corrected chi connectivity index (χ1v) is 11.4. The smallest absolute Gasteiger partial charge is 0.317 e. The molecule has 0 aliphatic rings.